The maximum Gasteiger partial charge on any atom is 0.317 e. The van der Waals surface area contributed by atoms with E-state index in [2.05, 4.69) is 41.4 Å². The molecule has 1 atom stereocenters. The smallest absolute Gasteiger partial charge is 0.317 e. The number of urea groups is 1. The van der Waals surface area contributed by atoms with Crippen molar-refractivity contribution in [1.82, 2.24) is 15.1 Å². The van der Waals surface area contributed by atoms with Crippen LogP contribution in [-0.2, 0) is 13.0 Å². The largest absolute Gasteiger partial charge is 0.508 e. The van der Waals surface area contributed by atoms with Crippen molar-refractivity contribution in [2.24, 2.45) is 0 Å². The average Bonchev–Trinajstić information content (AvgIpc) is 2.68. The molecule has 0 radical (unpaired) electrons. The van der Waals surface area contributed by atoms with E-state index in [1.54, 1.807) is 12.1 Å². The van der Waals surface area contributed by atoms with Crippen LogP contribution in [0.4, 0.5) is 4.79 Å². The predicted octanol–water partition coefficient (Wildman–Crippen LogP) is 3.55. The van der Waals surface area contributed by atoms with E-state index in [4.69, 9.17) is 0 Å². The summed E-state index contributed by atoms with van der Waals surface area (Å²) in [6.45, 7) is 8.46. The fraction of sp³-hybridized carbons (Fsp3) is 0.435. The molecule has 0 spiro atoms. The number of amides is 2. The topological polar surface area (TPSA) is 55.8 Å². The van der Waals surface area contributed by atoms with E-state index in [0.29, 0.717) is 0 Å². The Balaban J connectivity index is 1.38. The van der Waals surface area contributed by atoms with Crippen molar-refractivity contribution in [2.45, 2.75) is 39.3 Å². The van der Waals surface area contributed by atoms with Gasteiger partial charge in [-0.05, 0) is 49.9 Å². The van der Waals surface area contributed by atoms with Gasteiger partial charge in [-0.3, -0.25) is 4.90 Å². The summed E-state index contributed by atoms with van der Waals surface area (Å²) >= 11 is 0. The first-order valence-corrected chi connectivity index (χ1v) is 10.1. The molecule has 5 heteroatoms. The molecule has 2 N–H and O–H groups in total. The highest BCUT2D eigenvalue weighted by molar-refractivity contribution is 5.74. The number of nitrogens with zero attached hydrogens (tertiary/aromatic N) is 2. The molecule has 1 heterocycles. The number of benzene rings is 2. The van der Waals surface area contributed by atoms with Crippen LogP contribution in [0.3, 0.4) is 0 Å². The number of piperazine rings is 1. The van der Waals surface area contributed by atoms with Gasteiger partial charge in [0, 0.05) is 38.8 Å². The predicted molar refractivity (Wildman–Crippen MR) is 112 cm³/mol. The quantitative estimate of drug-likeness (QED) is 0.805. The number of carbonyl (C=O) groups excluding carboxylic acids is 1. The molecule has 0 bridgehead atoms. The summed E-state index contributed by atoms with van der Waals surface area (Å²) in [7, 11) is 0. The molecule has 0 aliphatic carbocycles. The molecule has 3 rings (SSSR count). The Bertz CT molecular complexity index is 768. The number of hydrogen-bond acceptors (Lipinski definition) is 3. The molecule has 2 aromatic rings. The minimum atomic E-state index is 0.0356. The van der Waals surface area contributed by atoms with Crippen LogP contribution in [0.1, 0.15) is 30.0 Å². The summed E-state index contributed by atoms with van der Waals surface area (Å²) in [6, 6.07) is 16.0. The van der Waals surface area contributed by atoms with Gasteiger partial charge in [-0.2, -0.15) is 0 Å². The van der Waals surface area contributed by atoms with Crippen molar-refractivity contribution < 1.29 is 9.90 Å². The Morgan fingerprint density at radius 2 is 1.79 bits per heavy atom. The summed E-state index contributed by atoms with van der Waals surface area (Å²) in [5.74, 6) is 0.284. The third-order valence-corrected chi connectivity index (χ3v) is 5.32. The minimum absolute atomic E-state index is 0.0356. The number of phenols is 1. The maximum atomic E-state index is 12.5. The molecule has 1 saturated heterocycles. The molecule has 1 unspecified atom stereocenters. The van der Waals surface area contributed by atoms with Crippen molar-refractivity contribution in [1.29, 1.82) is 0 Å². The number of aryl methyl sites for hydroxylation is 2. The first-order valence-electron chi connectivity index (χ1n) is 10.1. The van der Waals surface area contributed by atoms with Gasteiger partial charge in [0.05, 0.1) is 0 Å². The fourth-order valence-corrected chi connectivity index (χ4v) is 3.60. The lowest BCUT2D eigenvalue weighted by Crippen LogP contribution is -2.52. The van der Waals surface area contributed by atoms with E-state index >= 15 is 0 Å². The Hall–Kier alpha value is -2.53. The molecule has 150 valence electrons. The van der Waals surface area contributed by atoms with Crippen molar-refractivity contribution >= 4 is 6.03 Å². The molecule has 2 amide bonds. The van der Waals surface area contributed by atoms with Crippen LogP contribution in [-0.4, -0.2) is 53.2 Å². The van der Waals surface area contributed by atoms with Crippen LogP contribution >= 0.6 is 0 Å². The highest BCUT2D eigenvalue weighted by atomic mass is 16.3. The third kappa shape index (κ3) is 5.99. The minimum Gasteiger partial charge on any atom is -0.508 e. The standard InChI is InChI=1S/C23H31N3O2/c1-18-4-3-5-21(16-18)17-25-12-14-26(15-13-25)23(28)24-19(2)6-7-20-8-10-22(27)11-9-20/h3-5,8-11,16,19,27H,6-7,12-15,17H2,1-2H3,(H,24,28). The van der Waals surface area contributed by atoms with Crippen LogP contribution in [0, 0.1) is 6.92 Å². The highest BCUT2D eigenvalue weighted by Gasteiger charge is 2.22. The first-order chi connectivity index (χ1) is 13.5. The summed E-state index contributed by atoms with van der Waals surface area (Å²) in [6.07, 6.45) is 1.76. The van der Waals surface area contributed by atoms with Crippen molar-refractivity contribution in [3.05, 3.63) is 65.2 Å². The lowest BCUT2D eigenvalue weighted by molar-refractivity contribution is 0.133. The Labute approximate surface area is 168 Å². The van der Waals surface area contributed by atoms with Crippen LogP contribution in [0.5, 0.6) is 5.75 Å². The van der Waals surface area contributed by atoms with Gasteiger partial charge in [-0.25, -0.2) is 4.79 Å². The first kappa shape index (κ1) is 20.2. The molecule has 1 aliphatic rings. The van der Waals surface area contributed by atoms with E-state index in [1.165, 1.54) is 16.7 Å². The molecule has 0 saturated carbocycles. The average molecular weight is 382 g/mol. The highest BCUT2D eigenvalue weighted by Crippen LogP contribution is 2.13. The Morgan fingerprint density at radius 3 is 2.46 bits per heavy atom. The molecular weight excluding hydrogens is 350 g/mol. The number of phenolic OH excluding ortho intramolecular Hbond substituents is 1. The van der Waals surface area contributed by atoms with Crippen LogP contribution in [0.2, 0.25) is 0 Å². The van der Waals surface area contributed by atoms with Crippen LogP contribution in [0.15, 0.2) is 48.5 Å². The zero-order chi connectivity index (χ0) is 19.9. The fourth-order valence-electron chi connectivity index (χ4n) is 3.60. The molecule has 0 aromatic heterocycles. The SMILES string of the molecule is Cc1cccc(CN2CCN(C(=O)NC(C)CCc3ccc(O)cc3)CC2)c1. The Kier molecular flexibility index (Phi) is 6.93. The van der Waals surface area contributed by atoms with Gasteiger partial charge in [0.2, 0.25) is 0 Å². The van der Waals surface area contributed by atoms with E-state index in [-0.39, 0.29) is 17.8 Å². The van der Waals surface area contributed by atoms with Gasteiger partial charge >= 0.3 is 6.03 Å². The second-order valence-electron chi connectivity index (χ2n) is 7.81. The van der Waals surface area contributed by atoms with Gasteiger partial charge in [0.15, 0.2) is 0 Å². The molecular formula is C23H31N3O2. The summed E-state index contributed by atoms with van der Waals surface area (Å²) in [4.78, 5) is 16.9. The van der Waals surface area contributed by atoms with Crippen LogP contribution in [0.25, 0.3) is 0 Å². The number of hydrogen-bond donors (Lipinski definition) is 2. The zero-order valence-corrected chi connectivity index (χ0v) is 16.9. The molecule has 1 aliphatic heterocycles. The monoisotopic (exact) mass is 381 g/mol. The van der Waals surface area contributed by atoms with Gasteiger partial charge in [-0.1, -0.05) is 42.0 Å². The van der Waals surface area contributed by atoms with E-state index < -0.39 is 0 Å². The summed E-state index contributed by atoms with van der Waals surface area (Å²) in [5.41, 5.74) is 3.79. The molecule has 2 aromatic carbocycles. The second kappa shape index (κ2) is 9.60. The lowest BCUT2D eigenvalue weighted by Gasteiger charge is -2.35. The number of nitrogens with one attached hydrogen (secondary N) is 1. The number of carbonyl (C=O) groups is 1. The van der Waals surface area contributed by atoms with Crippen molar-refractivity contribution in [2.75, 3.05) is 26.2 Å². The van der Waals surface area contributed by atoms with Crippen molar-refractivity contribution in [3.63, 3.8) is 0 Å². The zero-order valence-electron chi connectivity index (χ0n) is 16.9. The third-order valence-electron chi connectivity index (χ3n) is 5.32. The molecule has 1 fully saturated rings. The van der Waals surface area contributed by atoms with Gasteiger partial charge in [0.25, 0.3) is 0 Å². The van der Waals surface area contributed by atoms with E-state index in [9.17, 15) is 9.90 Å². The maximum absolute atomic E-state index is 12.5. The molecule has 28 heavy (non-hydrogen) atoms. The lowest BCUT2D eigenvalue weighted by atomic mass is 10.1. The molecule has 5 nitrogen and oxygen atoms in total. The van der Waals surface area contributed by atoms with Crippen LogP contribution < -0.4 is 5.32 Å². The van der Waals surface area contributed by atoms with E-state index in [0.717, 1.165) is 45.6 Å². The van der Waals surface area contributed by atoms with E-state index in [1.807, 2.05) is 24.0 Å². The summed E-state index contributed by atoms with van der Waals surface area (Å²) in [5, 5.41) is 12.5. The Morgan fingerprint density at radius 1 is 1.07 bits per heavy atom. The van der Waals surface area contributed by atoms with Gasteiger partial charge in [-0.15, -0.1) is 0 Å². The van der Waals surface area contributed by atoms with Gasteiger partial charge < -0.3 is 15.3 Å². The number of rotatable bonds is 6. The van der Waals surface area contributed by atoms with Gasteiger partial charge in [0.1, 0.15) is 5.75 Å². The normalized spacial score (nSPS) is 16.0. The second-order valence-corrected chi connectivity index (χ2v) is 7.81. The van der Waals surface area contributed by atoms with Crippen molar-refractivity contribution in [3.8, 4) is 5.75 Å². The number of aromatic hydroxyl groups is 1. The summed E-state index contributed by atoms with van der Waals surface area (Å²) < 4.78 is 0.